The van der Waals surface area contributed by atoms with Crippen molar-refractivity contribution in [3.63, 3.8) is 0 Å². The third-order valence-electron chi connectivity index (χ3n) is 2.45. The van der Waals surface area contributed by atoms with Gasteiger partial charge < -0.3 is 0 Å². The smallest absolute Gasteiger partial charge is 0.0406 e. The molecule has 0 amide bonds. The Balaban J connectivity index is 1.97. The van der Waals surface area contributed by atoms with Gasteiger partial charge in [-0.3, -0.25) is 0 Å². The van der Waals surface area contributed by atoms with Gasteiger partial charge >= 0.3 is 0 Å². The van der Waals surface area contributed by atoms with E-state index in [4.69, 9.17) is 23.2 Å². The van der Waals surface area contributed by atoms with Crippen LogP contribution in [-0.2, 0) is 6.42 Å². The Morgan fingerprint density at radius 2 is 1.29 bits per heavy atom. The SMILES string of the molecule is Clc1ccc(/C=C/Cc2ccc(Cl)cc2)cc1. The second-order valence-corrected chi connectivity index (χ2v) is 4.66. The Morgan fingerprint density at radius 1 is 0.765 bits per heavy atom. The van der Waals surface area contributed by atoms with Crippen LogP contribution in [0.25, 0.3) is 6.08 Å². The molecule has 2 aromatic rings. The van der Waals surface area contributed by atoms with Crippen molar-refractivity contribution < 1.29 is 0 Å². The molecular formula is C15H12Cl2. The van der Waals surface area contributed by atoms with Crippen LogP contribution in [0.1, 0.15) is 11.1 Å². The van der Waals surface area contributed by atoms with Gasteiger partial charge in [-0.15, -0.1) is 0 Å². The number of rotatable bonds is 3. The zero-order chi connectivity index (χ0) is 12.1. The largest absolute Gasteiger partial charge is 0.0843 e. The fourth-order valence-corrected chi connectivity index (χ4v) is 1.78. The highest BCUT2D eigenvalue weighted by Crippen LogP contribution is 2.13. The van der Waals surface area contributed by atoms with E-state index in [9.17, 15) is 0 Å². The van der Waals surface area contributed by atoms with Gasteiger partial charge in [0, 0.05) is 10.0 Å². The van der Waals surface area contributed by atoms with Gasteiger partial charge in [0.25, 0.3) is 0 Å². The topological polar surface area (TPSA) is 0 Å². The molecule has 0 fully saturated rings. The summed E-state index contributed by atoms with van der Waals surface area (Å²) in [7, 11) is 0. The molecule has 86 valence electrons. The molecule has 0 radical (unpaired) electrons. The van der Waals surface area contributed by atoms with E-state index in [1.807, 2.05) is 48.5 Å². The van der Waals surface area contributed by atoms with Crippen LogP contribution in [0.3, 0.4) is 0 Å². The summed E-state index contributed by atoms with van der Waals surface area (Å²) in [5, 5.41) is 1.54. The van der Waals surface area contributed by atoms with Crippen LogP contribution >= 0.6 is 23.2 Å². The molecule has 0 nitrogen and oxygen atoms in total. The molecule has 0 atom stereocenters. The van der Waals surface area contributed by atoms with Crippen LogP contribution < -0.4 is 0 Å². The van der Waals surface area contributed by atoms with Crippen molar-refractivity contribution in [2.24, 2.45) is 0 Å². The fraction of sp³-hybridized carbons (Fsp3) is 0.0667. The molecule has 0 N–H and O–H groups in total. The predicted molar refractivity (Wildman–Crippen MR) is 75.6 cm³/mol. The summed E-state index contributed by atoms with van der Waals surface area (Å²) >= 11 is 11.6. The van der Waals surface area contributed by atoms with Crippen molar-refractivity contribution in [2.75, 3.05) is 0 Å². The zero-order valence-corrected chi connectivity index (χ0v) is 10.7. The molecule has 2 aromatic carbocycles. The Bertz CT molecular complexity index is 495. The summed E-state index contributed by atoms with van der Waals surface area (Å²) in [5.41, 5.74) is 2.41. The van der Waals surface area contributed by atoms with Crippen LogP contribution in [0.5, 0.6) is 0 Å². The molecule has 0 aliphatic heterocycles. The van der Waals surface area contributed by atoms with E-state index in [-0.39, 0.29) is 0 Å². The second-order valence-electron chi connectivity index (χ2n) is 3.78. The second kappa shape index (κ2) is 5.90. The number of halogens is 2. The van der Waals surface area contributed by atoms with E-state index in [0.717, 1.165) is 22.0 Å². The maximum atomic E-state index is 5.83. The third-order valence-corrected chi connectivity index (χ3v) is 2.95. The van der Waals surface area contributed by atoms with Crippen LogP contribution in [0.2, 0.25) is 10.0 Å². The molecule has 0 aromatic heterocycles. The van der Waals surface area contributed by atoms with Crippen LogP contribution in [0.15, 0.2) is 54.6 Å². The van der Waals surface area contributed by atoms with Crippen molar-refractivity contribution in [3.05, 3.63) is 75.8 Å². The molecular weight excluding hydrogens is 251 g/mol. The van der Waals surface area contributed by atoms with Gasteiger partial charge in [-0.2, -0.15) is 0 Å². The molecule has 2 heteroatoms. The Hall–Kier alpha value is -1.24. The van der Waals surface area contributed by atoms with E-state index >= 15 is 0 Å². The van der Waals surface area contributed by atoms with Gasteiger partial charge in [-0.1, -0.05) is 59.6 Å². The van der Waals surface area contributed by atoms with Crippen LogP contribution in [0, 0.1) is 0 Å². The van der Waals surface area contributed by atoms with E-state index in [2.05, 4.69) is 12.2 Å². The lowest BCUT2D eigenvalue weighted by Crippen LogP contribution is -1.79. The van der Waals surface area contributed by atoms with Gasteiger partial charge in [0.15, 0.2) is 0 Å². The van der Waals surface area contributed by atoms with Gasteiger partial charge in [-0.05, 0) is 41.8 Å². The van der Waals surface area contributed by atoms with Crippen molar-refractivity contribution in [1.29, 1.82) is 0 Å². The summed E-state index contributed by atoms with van der Waals surface area (Å²) in [6.07, 6.45) is 5.12. The number of benzene rings is 2. The fourth-order valence-electron chi connectivity index (χ4n) is 1.53. The first kappa shape index (κ1) is 12.2. The van der Waals surface area contributed by atoms with E-state index in [1.165, 1.54) is 5.56 Å². The maximum absolute atomic E-state index is 5.83. The molecule has 0 aliphatic rings. The zero-order valence-electron chi connectivity index (χ0n) is 9.24. The number of hydrogen-bond acceptors (Lipinski definition) is 0. The quantitative estimate of drug-likeness (QED) is 0.709. The summed E-state index contributed by atoms with van der Waals surface area (Å²) in [5.74, 6) is 0. The normalized spacial score (nSPS) is 10.9. The predicted octanol–water partition coefficient (Wildman–Crippen LogP) is 5.25. The molecule has 0 spiro atoms. The van der Waals surface area contributed by atoms with Crippen LogP contribution in [-0.4, -0.2) is 0 Å². The Morgan fingerprint density at radius 3 is 1.88 bits per heavy atom. The van der Waals surface area contributed by atoms with Gasteiger partial charge in [0.05, 0.1) is 0 Å². The summed E-state index contributed by atoms with van der Waals surface area (Å²) < 4.78 is 0. The van der Waals surface area contributed by atoms with Gasteiger partial charge in [0.2, 0.25) is 0 Å². The minimum atomic E-state index is 0.764. The highest BCUT2D eigenvalue weighted by atomic mass is 35.5. The van der Waals surface area contributed by atoms with E-state index in [0.29, 0.717) is 0 Å². The average Bonchev–Trinajstić information content (AvgIpc) is 2.34. The monoisotopic (exact) mass is 262 g/mol. The minimum absolute atomic E-state index is 0.764. The highest BCUT2D eigenvalue weighted by molar-refractivity contribution is 6.30. The van der Waals surface area contributed by atoms with Gasteiger partial charge in [-0.25, -0.2) is 0 Å². The first-order chi connectivity index (χ1) is 8.24. The lowest BCUT2D eigenvalue weighted by Gasteiger charge is -1.97. The standard InChI is InChI=1S/C15H12Cl2/c16-14-8-4-12(5-9-14)2-1-3-13-6-10-15(17)11-7-13/h1-2,4-11H,3H2/b2-1+. The van der Waals surface area contributed by atoms with E-state index in [1.54, 1.807) is 0 Å². The highest BCUT2D eigenvalue weighted by Gasteiger charge is 1.91. The van der Waals surface area contributed by atoms with Gasteiger partial charge in [0.1, 0.15) is 0 Å². The van der Waals surface area contributed by atoms with E-state index < -0.39 is 0 Å². The van der Waals surface area contributed by atoms with Crippen molar-refractivity contribution in [3.8, 4) is 0 Å². The first-order valence-electron chi connectivity index (χ1n) is 5.40. The van der Waals surface area contributed by atoms with Crippen LogP contribution in [0.4, 0.5) is 0 Å². The summed E-state index contributed by atoms with van der Waals surface area (Å²) in [4.78, 5) is 0. The lowest BCUT2D eigenvalue weighted by atomic mass is 10.1. The third kappa shape index (κ3) is 3.92. The minimum Gasteiger partial charge on any atom is -0.0843 e. The molecule has 0 saturated carbocycles. The summed E-state index contributed by atoms with van der Waals surface area (Å²) in [6.45, 7) is 0. The molecule has 2 rings (SSSR count). The Kier molecular flexibility index (Phi) is 4.24. The molecule has 0 unspecified atom stereocenters. The Labute approximate surface area is 112 Å². The number of hydrogen-bond donors (Lipinski definition) is 0. The van der Waals surface area contributed by atoms with Crippen molar-refractivity contribution in [1.82, 2.24) is 0 Å². The van der Waals surface area contributed by atoms with Crippen molar-refractivity contribution in [2.45, 2.75) is 6.42 Å². The van der Waals surface area contributed by atoms with Crippen molar-refractivity contribution >= 4 is 29.3 Å². The molecule has 0 bridgehead atoms. The average molecular weight is 263 g/mol. The maximum Gasteiger partial charge on any atom is 0.0406 e. The number of allylic oxidation sites excluding steroid dienone is 1. The first-order valence-corrected chi connectivity index (χ1v) is 6.16. The molecule has 17 heavy (non-hydrogen) atoms. The molecule has 0 aliphatic carbocycles. The summed E-state index contributed by atoms with van der Waals surface area (Å²) in [6, 6.07) is 15.7. The lowest BCUT2D eigenvalue weighted by molar-refractivity contribution is 1.28. The molecule has 0 heterocycles. The molecule has 0 saturated heterocycles.